The van der Waals surface area contributed by atoms with E-state index in [0.29, 0.717) is 6.04 Å². The van der Waals surface area contributed by atoms with E-state index in [4.69, 9.17) is 0 Å². The smallest absolute Gasteiger partial charge is 0.0843 e. The number of rotatable bonds is 7. The molecule has 0 aromatic carbocycles. The average Bonchev–Trinajstić information content (AvgIpc) is 3.14. The van der Waals surface area contributed by atoms with Crippen molar-refractivity contribution in [2.75, 3.05) is 0 Å². The molecular formula is C15H22BrN5. The van der Waals surface area contributed by atoms with E-state index in [2.05, 4.69) is 60.7 Å². The molecule has 0 radical (unpaired) electrons. The molecule has 3 rings (SSSR count). The molecule has 1 aliphatic carbocycles. The number of hydrogen-bond acceptors (Lipinski definition) is 3. The van der Waals surface area contributed by atoms with Gasteiger partial charge in [-0.1, -0.05) is 6.92 Å². The number of aromatic nitrogens is 4. The van der Waals surface area contributed by atoms with Crippen LogP contribution in [0.25, 0.3) is 0 Å². The van der Waals surface area contributed by atoms with Gasteiger partial charge in [-0.3, -0.25) is 9.36 Å². The van der Waals surface area contributed by atoms with Crippen LogP contribution < -0.4 is 5.32 Å². The first-order valence-corrected chi connectivity index (χ1v) is 8.50. The molecule has 1 fully saturated rings. The molecule has 0 unspecified atom stereocenters. The summed E-state index contributed by atoms with van der Waals surface area (Å²) in [4.78, 5) is 0. The minimum Gasteiger partial charge on any atom is -0.308 e. The molecule has 0 atom stereocenters. The molecule has 1 aliphatic rings. The Morgan fingerprint density at radius 1 is 1.33 bits per heavy atom. The summed E-state index contributed by atoms with van der Waals surface area (Å²) in [6.45, 7) is 6.79. The number of nitrogens with one attached hydrogen (secondary N) is 1. The first kappa shape index (κ1) is 14.8. The fourth-order valence-corrected chi connectivity index (χ4v) is 3.19. The Morgan fingerprint density at radius 3 is 2.81 bits per heavy atom. The van der Waals surface area contributed by atoms with Crippen LogP contribution in [0.4, 0.5) is 0 Å². The highest BCUT2D eigenvalue weighted by atomic mass is 79.9. The van der Waals surface area contributed by atoms with Gasteiger partial charge in [0.25, 0.3) is 0 Å². The van der Waals surface area contributed by atoms with Crippen molar-refractivity contribution in [3.8, 4) is 0 Å². The van der Waals surface area contributed by atoms with E-state index >= 15 is 0 Å². The quantitative estimate of drug-likeness (QED) is 0.834. The fourth-order valence-electron chi connectivity index (χ4n) is 2.50. The largest absolute Gasteiger partial charge is 0.308 e. The Kier molecular flexibility index (Phi) is 4.45. The minimum atomic E-state index is 0.716. The SMILES string of the molecule is CCc1nn(CC)c(Cn2nccc2CNC2CC2)c1Br. The minimum absolute atomic E-state index is 0.716. The van der Waals surface area contributed by atoms with Crippen LogP contribution >= 0.6 is 15.9 Å². The van der Waals surface area contributed by atoms with Crippen LogP contribution in [-0.2, 0) is 26.1 Å². The van der Waals surface area contributed by atoms with E-state index in [0.717, 1.165) is 36.2 Å². The van der Waals surface area contributed by atoms with Gasteiger partial charge in [-0.2, -0.15) is 10.2 Å². The van der Waals surface area contributed by atoms with Gasteiger partial charge in [0, 0.05) is 25.3 Å². The fraction of sp³-hybridized carbons (Fsp3) is 0.600. The second-order valence-corrected chi connectivity index (χ2v) is 6.31. The standard InChI is InChI=1S/C15H22BrN5/c1-3-13-15(16)14(20(4-2)19-13)10-21-12(7-8-18-21)9-17-11-5-6-11/h7-8,11,17H,3-6,9-10H2,1-2H3. The molecule has 0 saturated heterocycles. The van der Waals surface area contributed by atoms with Gasteiger partial charge < -0.3 is 5.32 Å². The van der Waals surface area contributed by atoms with Gasteiger partial charge in [-0.05, 0) is 48.2 Å². The summed E-state index contributed by atoms with van der Waals surface area (Å²) < 4.78 is 5.27. The van der Waals surface area contributed by atoms with Gasteiger partial charge >= 0.3 is 0 Å². The number of nitrogens with zero attached hydrogens (tertiary/aromatic N) is 4. The topological polar surface area (TPSA) is 47.7 Å². The summed E-state index contributed by atoms with van der Waals surface area (Å²) in [5.74, 6) is 0. The molecule has 21 heavy (non-hydrogen) atoms. The van der Waals surface area contributed by atoms with Gasteiger partial charge in [0.2, 0.25) is 0 Å². The van der Waals surface area contributed by atoms with Crippen LogP contribution in [0.1, 0.15) is 43.8 Å². The van der Waals surface area contributed by atoms with Gasteiger partial charge in [-0.25, -0.2) is 0 Å². The molecule has 0 spiro atoms. The van der Waals surface area contributed by atoms with Gasteiger partial charge in [0.05, 0.1) is 28.1 Å². The van der Waals surface area contributed by atoms with Crippen molar-refractivity contribution < 1.29 is 0 Å². The van der Waals surface area contributed by atoms with Crippen molar-refractivity contribution in [3.05, 3.63) is 33.8 Å². The maximum atomic E-state index is 4.65. The molecule has 1 saturated carbocycles. The Balaban J connectivity index is 1.79. The molecule has 0 aliphatic heterocycles. The zero-order valence-electron chi connectivity index (χ0n) is 12.6. The molecule has 6 heteroatoms. The summed E-state index contributed by atoms with van der Waals surface area (Å²) in [5, 5.41) is 12.7. The summed E-state index contributed by atoms with van der Waals surface area (Å²) >= 11 is 3.71. The summed E-state index contributed by atoms with van der Waals surface area (Å²) in [7, 11) is 0. The average molecular weight is 352 g/mol. The summed E-state index contributed by atoms with van der Waals surface area (Å²) in [5.41, 5.74) is 3.55. The van der Waals surface area contributed by atoms with Gasteiger partial charge in [0.15, 0.2) is 0 Å². The van der Waals surface area contributed by atoms with E-state index < -0.39 is 0 Å². The number of aryl methyl sites for hydroxylation is 2. The Bertz CT molecular complexity index is 612. The van der Waals surface area contributed by atoms with Crippen LogP contribution in [0.3, 0.4) is 0 Å². The predicted octanol–water partition coefficient (Wildman–Crippen LogP) is 2.72. The molecule has 0 amide bonds. The van der Waals surface area contributed by atoms with Crippen LogP contribution in [0, 0.1) is 0 Å². The van der Waals surface area contributed by atoms with Gasteiger partial charge in [-0.15, -0.1) is 0 Å². The van der Waals surface area contributed by atoms with Crippen molar-refractivity contribution in [2.45, 2.75) is 58.8 Å². The Hall–Kier alpha value is -1.14. The Labute approximate surface area is 133 Å². The molecule has 5 nitrogen and oxygen atoms in total. The second kappa shape index (κ2) is 6.32. The monoisotopic (exact) mass is 351 g/mol. The van der Waals surface area contributed by atoms with E-state index in [9.17, 15) is 0 Å². The molecule has 1 N–H and O–H groups in total. The zero-order chi connectivity index (χ0) is 14.8. The summed E-state index contributed by atoms with van der Waals surface area (Å²) in [6.07, 6.45) is 5.44. The van der Waals surface area contributed by atoms with E-state index in [1.165, 1.54) is 24.2 Å². The van der Waals surface area contributed by atoms with Crippen molar-refractivity contribution >= 4 is 15.9 Å². The van der Waals surface area contributed by atoms with Crippen LogP contribution in [-0.4, -0.2) is 25.6 Å². The number of hydrogen-bond donors (Lipinski definition) is 1. The lowest BCUT2D eigenvalue weighted by Crippen LogP contribution is -2.19. The lowest BCUT2D eigenvalue weighted by Gasteiger charge is -2.10. The lowest BCUT2D eigenvalue weighted by molar-refractivity contribution is 0.546. The predicted molar refractivity (Wildman–Crippen MR) is 86.2 cm³/mol. The molecule has 2 aromatic heterocycles. The third-order valence-corrected chi connectivity index (χ3v) is 4.86. The second-order valence-electron chi connectivity index (χ2n) is 5.51. The third-order valence-electron chi connectivity index (χ3n) is 3.95. The van der Waals surface area contributed by atoms with Crippen molar-refractivity contribution in [2.24, 2.45) is 0 Å². The van der Waals surface area contributed by atoms with Crippen molar-refractivity contribution in [3.63, 3.8) is 0 Å². The maximum Gasteiger partial charge on any atom is 0.0843 e. The van der Waals surface area contributed by atoms with Crippen LogP contribution in [0.15, 0.2) is 16.7 Å². The summed E-state index contributed by atoms with van der Waals surface area (Å²) in [6, 6.07) is 2.81. The highest BCUT2D eigenvalue weighted by Gasteiger charge is 2.21. The third kappa shape index (κ3) is 3.21. The maximum absolute atomic E-state index is 4.65. The lowest BCUT2D eigenvalue weighted by atomic mass is 10.3. The number of halogens is 1. The van der Waals surface area contributed by atoms with Crippen molar-refractivity contribution in [1.29, 1.82) is 0 Å². The van der Waals surface area contributed by atoms with Crippen LogP contribution in [0.2, 0.25) is 0 Å². The first-order chi connectivity index (χ1) is 10.2. The van der Waals surface area contributed by atoms with E-state index in [1.54, 1.807) is 0 Å². The molecule has 2 aromatic rings. The van der Waals surface area contributed by atoms with Crippen molar-refractivity contribution in [1.82, 2.24) is 24.9 Å². The molecule has 2 heterocycles. The van der Waals surface area contributed by atoms with Gasteiger partial charge in [0.1, 0.15) is 0 Å². The molecule has 114 valence electrons. The van der Waals surface area contributed by atoms with E-state index in [-0.39, 0.29) is 0 Å². The normalized spacial score (nSPS) is 14.8. The highest BCUT2D eigenvalue weighted by molar-refractivity contribution is 9.10. The highest BCUT2D eigenvalue weighted by Crippen LogP contribution is 2.24. The molecule has 0 bridgehead atoms. The first-order valence-electron chi connectivity index (χ1n) is 7.71. The van der Waals surface area contributed by atoms with E-state index in [1.807, 2.05) is 6.20 Å². The molecular weight excluding hydrogens is 330 g/mol. The zero-order valence-corrected chi connectivity index (χ0v) is 14.2. The van der Waals surface area contributed by atoms with Crippen LogP contribution in [0.5, 0.6) is 0 Å². The Morgan fingerprint density at radius 2 is 2.14 bits per heavy atom.